The lowest BCUT2D eigenvalue weighted by molar-refractivity contribution is 0.337. The summed E-state index contributed by atoms with van der Waals surface area (Å²) in [6, 6.07) is 15.8. The molecule has 0 saturated heterocycles. The highest BCUT2D eigenvalue weighted by Crippen LogP contribution is 2.38. The van der Waals surface area contributed by atoms with Crippen molar-refractivity contribution < 1.29 is 5.11 Å². The summed E-state index contributed by atoms with van der Waals surface area (Å²) in [5, 5.41) is 18.4. The average molecular weight is 326 g/mol. The molecule has 23 heavy (non-hydrogen) atoms. The summed E-state index contributed by atoms with van der Waals surface area (Å²) in [5.74, 6) is 0.464. The van der Waals surface area contributed by atoms with Crippen molar-refractivity contribution in [3.63, 3.8) is 0 Å². The molecule has 1 N–H and O–H groups in total. The summed E-state index contributed by atoms with van der Waals surface area (Å²) in [6.07, 6.45) is 0.789. The molecule has 0 bridgehead atoms. The second kappa shape index (κ2) is 6.79. The highest BCUT2D eigenvalue weighted by Gasteiger charge is 2.19. The fourth-order valence-electron chi connectivity index (χ4n) is 2.91. The number of benzene rings is 2. The number of nitrogens with zero attached hydrogens (tertiary/aromatic N) is 2. The molecular weight excluding hydrogens is 308 g/mol. The molecule has 5 heteroatoms. The second-order valence-electron chi connectivity index (χ2n) is 5.54. The summed E-state index contributed by atoms with van der Waals surface area (Å²) in [6.45, 7) is 0.585. The smallest absolute Gasteiger partial charge is 0.123 e. The fraction of sp³-hybridized carbons (Fsp3) is 0.222. The van der Waals surface area contributed by atoms with Crippen molar-refractivity contribution >= 4 is 22.1 Å². The first kappa shape index (κ1) is 15.5. The Morgan fingerprint density at radius 2 is 1.91 bits per heavy atom. The Balaban J connectivity index is 2.06. The second-order valence-corrected chi connectivity index (χ2v) is 6.52. The van der Waals surface area contributed by atoms with E-state index in [-0.39, 0.29) is 5.92 Å². The first-order valence-electron chi connectivity index (χ1n) is 7.49. The van der Waals surface area contributed by atoms with E-state index in [9.17, 15) is 10.0 Å². The lowest BCUT2D eigenvalue weighted by Gasteiger charge is -2.20. The molecule has 1 aromatic heterocycles. The lowest BCUT2D eigenvalue weighted by Crippen LogP contribution is -2.15. The van der Waals surface area contributed by atoms with E-state index in [0.29, 0.717) is 12.3 Å². The molecule has 0 aliphatic heterocycles. The molecule has 3 aromatic rings. The van der Waals surface area contributed by atoms with Crippen LogP contribution in [0.25, 0.3) is 10.8 Å². The zero-order valence-corrected chi connectivity index (χ0v) is 13.7. The molecule has 1 unspecified atom stereocenters. The number of hydrogen-bond acceptors (Lipinski definition) is 4. The summed E-state index contributed by atoms with van der Waals surface area (Å²) < 4.78 is 0. The van der Waals surface area contributed by atoms with Crippen LogP contribution in [-0.2, 0) is 0 Å². The van der Waals surface area contributed by atoms with Crippen LogP contribution in [0, 0.1) is 4.91 Å². The predicted octanol–water partition coefficient (Wildman–Crippen LogP) is 4.74. The van der Waals surface area contributed by atoms with Crippen molar-refractivity contribution in [2.24, 2.45) is 5.29 Å². The zero-order chi connectivity index (χ0) is 16.2. The standard InChI is InChI=1S/C18H18N2O2S/c1-20(19-22)11-10-16(18-7-4-12-23-18)14-8-9-17(21)15-6-3-2-5-13(14)15/h2-9,12,16,21H,10-11H2,1H3. The van der Waals surface area contributed by atoms with Crippen molar-refractivity contribution in [3.8, 4) is 5.75 Å². The minimum Gasteiger partial charge on any atom is -0.507 e. The van der Waals surface area contributed by atoms with Crippen LogP contribution in [0.3, 0.4) is 0 Å². The Kier molecular flexibility index (Phi) is 4.57. The summed E-state index contributed by atoms with van der Waals surface area (Å²) in [7, 11) is 1.69. The van der Waals surface area contributed by atoms with Crippen molar-refractivity contribution in [1.29, 1.82) is 0 Å². The van der Waals surface area contributed by atoms with Crippen LogP contribution in [-0.4, -0.2) is 23.7 Å². The molecule has 3 rings (SSSR count). The van der Waals surface area contributed by atoms with Crippen LogP contribution in [0.2, 0.25) is 0 Å². The van der Waals surface area contributed by atoms with E-state index in [1.54, 1.807) is 24.5 Å². The van der Waals surface area contributed by atoms with Gasteiger partial charge >= 0.3 is 0 Å². The minimum atomic E-state index is 0.171. The Labute approximate surface area is 138 Å². The number of fused-ring (bicyclic) bond motifs is 1. The Morgan fingerprint density at radius 1 is 1.13 bits per heavy atom. The van der Waals surface area contributed by atoms with Gasteiger partial charge in [0.05, 0.1) is 5.29 Å². The van der Waals surface area contributed by atoms with Gasteiger partial charge in [0.25, 0.3) is 0 Å². The van der Waals surface area contributed by atoms with Gasteiger partial charge in [-0.25, -0.2) is 0 Å². The molecule has 0 aliphatic rings. The molecule has 4 nitrogen and oxygen atoms in total. The van der Waals surface area contributed by atoms with Crippen molar-refractivity contribution in [2.45, 2.75) is 12.3 Å². The van der Waals surface area contributed by atoms with Gasteiger partial charge in [0.15, 0.2) is 0 Å². The molecule has 1 heterocycles. The van der Waals surface area contributed by atoms with Gasteiger partial charge in [0.1, 0.15) is 5.75 Å². The molecule has 0 saturated carbocycles. The number of aromatic hydroxyl groups is 1. The highest BCUT2D eigenvalue weighted by atomic mass is 32.1. The van der Waals surface area contributed by atoms with Gasteiger partial charge in [-0.2, -0.15) is 0 Å². The van der Waals surface area contributed by atoms with Crippen LogP contribution < -0.4 is 0 Å². The predicted molar refractivity (Wildman–Crippen MR) is 94.8 cm³/mol. The first-order valence-corrected chi connectivity index (χ1v) is 8.37. The monoisotopic (exact) mass is 326 g/mol. The van der Waals surface area contributed by atoms with E-state index >= 15 is 0 Å². The van der Waals surface area contributed by atoms with E-state index in [0.717, 1.165) is 17.2 Å². The van der Waals surface area contributed by atoms with Gasteiger partial charge in [-0.3, -0.25) is 5.01 Å². The van der Waals surface area contributed by atoms with Crippen LogP contribution >= 0.6 is 11.3 Å². The van der Waals surface area contributed by atoms with E-state index in [1.165, 1.54) is 15.4 Å². The highest BCUT2D eigenvalue weighted by molar-refractivity contribution is 7.10. The quantitative estimate of drug-likeness (QED) is 0.526. The third-order valence-electron chi connectivity index (χ3n) is 4.08. The lowest BCUT2D eigenvalue weighted by atomic mass is 9.89. The van der Waals surface area contributed by atoms with Gasteiger partial charge < -0.3 is 5.11 Å². The average Bonchev–Trinajstić information content (AvgIpc) is 3.11. The van der Waals surface area contributed by atoms with Crippen molar-refractivity contribution in [3.05, 3.63) is 69.3 Å². The van der Waals surface area contributed by atoms with Crippen LogP contribution in [0.15, 0.2) is 59.2 Å². The van der Waals surface area contributed by atoms with Gasteiger partial charge in [-0.15, -0.1) is 16.2 Å². The maximum atomic E-state index is 10.6. The van der Waals surface area contributed by atoms with E-state index in [1.807, 2.05) is 36.4 Å². The molecule has 118 valence electrons. The van der Waals surface area contributed by atoms with E-state index in [2.05, 4.69) is 16.7 Å². The number of phenolic OH excluding ortho intramolecular Hbond substituents is 1. The summed E-state index contributed by atoms with van der Waals surface area (Å²) in [5.41, 5.74) is 1.17. The molecule has 0 amide bonds. The minimum absolute atomic E-state index is 0.171. The fourth-order valence-corrected chi connectivity index (χ4v) is 3.79. The third kappa shape index (κ3) is 3.19. The van der Waals surface area contributed by atoms with Crippen LogP contribution in [0.1, 0.15) is 22.8 Å². The molecular formula is C18H18N2O2S. The Morgan fingerprint density at radius 3 is 2.61 bits per heavy atom. The van der Waals surface area contributed by atoms with Crippen LogP contribution in [0.4, 0.5) is 0 Å². The van der Waals surface area contributed by atoms with Crippen molar-refractivity contribution in [1.82, 2.24) is 5.01 Å². The van der Waals surface area contributed by atoms with Gasteiger partial charge in [0.2, 0.25) is 0 Å². The van der Waals surface area contributed by atoms with E-state index in [4.69, 9.17) is 0 Å². The van der Waals surface area contributed by atoms with Gasteiger partial charge in [0, 0.05) is 29.8 Å². The topological polar surface area (TPSA) is 52.9 Å². The Bertz CT molecular complexity index is 802. The van der Waals surface area contributed by atoms with Crippen LogP contribution in [0.5, 0.6) is 5.75 Å². The SMILES string of the molecule is CN(CCC(c1cccs1)c1ccc(O)c2ccccc12)N=O. The molecule has 1 atom stereocenters. The number of nitroso groups, excluding NO2 is 1. The number of phenols is 1. The molecule has 0 fully saturated rings. The van der Waals surface area contributed by atoms with Gasteiger partial charge in [-0.1, -0.05) is 36.4 Å². The number of hydrogen-bond donors (Lipinski definition) is 1. The van der Waals surface area contributed by atoms with E-state index < -0.39 is 0 Å². The summed E-state index contributed by atoms with van der Waals surface area (Å²) >= 11 is 1.71. The van der Waals surface area contributed by atoms with Crippen molar-refractivity contribution in [2.75, 3.05) is 13.6 Å². The molecule has 2 aromatic carbocycles. The number of thiophene rings is 1. The zero-order valence-electron chi connectivity index (χ0n) is 12.8. The maximum absolute atomic E-state index is 10.6. The largest absolute Gasteiger partial charge is 0.507 e. The summed E-state index contributed by atoms with van der Waals surface area (Å²) in [4.78, 5) is 11.9. The molecule has 0 radical (unpaired) electrons. The van der Waals surface area contributed by atoms with Gasteiger partial charge in [-0.05, 0) is 34.9 Å². The number of rotatable bonds is 6. The maximum Gasteiger partial charge on any atom is 0.123 e. The third-order valence-corrected chi connectivity index (χ3v) is 5.06. The normalized spacial score (nSPS) is 12.2. The molecule has 0 spiro atoms. The molecule has 0 aliphatic carbocycles. The Hall–Kier alpha value is -2.40. The first-order chi connectivity index (χ1) is 11.2.